The fraction of sp³-hybridized carbons (Fsp3) is 0.375. The number of carbonyl (C=O) groups excluding carboxylic acids is 1. The number of esters is 1. The van der Waals surface area contributed by atoms with Crippen LogP contribution in [0.15, 0.2) is 24.4 Å². The first-order valence-corrected chi connectivity index (χ1v) is 7.26. The Hall–Kier alpha value is -2.34. The van der Waals surface area contributed by atoms with Gasteiger partial charge in [0.1, 0.15) is 5.84 Å². The Balaban J connectivity index is 2.03. The minimum absolute atomic E-state index is 0.0599. The van der Waals surface area contributed by atoms with E-state index in [9.17, 15) is 4.79 Å². The monoisotopic (exact) mass is 303 g/mol. The molecule has 0 amide bonds. The van der Waals surface area contributed by atoms with E-state index in [1.165, 1.54) is 0 Å². The van der Waals surface area contributed by atoms with Gasteiger partial charge in [-0.2, -0.15) is 0 Å². The number of nitrogens with one attached hydrogen (secondary N) is 3. The first kappa shape index (κ1) is 16.0. The van der Waals surface area contributed by atoms with Gasteiger partial charge in [0, 0.05) is 29.1 Å². The first-order valence-electron chi connectivity index (χ1n) is 7.26. The zero-order valence-electron chi connectivity index (χ0n) is 12.8. The van der Waals surface area contributed by atoms with Gasteiger partial charge in [-0.25, -0.2) is 0 Å². The summed E-state index contributed by atoms with van der Waals surface area (Å²) in [6, 6.07) is 5.41. The van der Waals surface area contributed by atoms with Gasteiger partial charge in [-0.05, 0) is 24.0 Å². The Morgan fingerprint density at radius 2 is 2.23 bits per heavy atom. The number of hydrogen-bond donors (Lipinski definition) is 4. The Morgan fingerprint density at radius 3 is 2.91 bits per heavy atom. The Morgan fingerprint density at radius 1 is 1.45 bits per heavy atom. The second kappa shape index (κ2) is 7.09. The molecular formula is C16H21N3O3. The number of rotatable bonds is 6. The molecule has 0 radical (unpaired) electrons. The number of benzene rings is 1. The zero-order chi connectivity index (χ0) is 16.1. The number of hydroxylamine groups is 1. The third-order valence-corrected chi connectivity index (χ3v) is 3.34. The smallest absolute Gasteiger partial charge is 0.306 e. The molecule has 0 unspecified atom stereocenters. The van der Waals surface area contributed by atoms with Gasteiger partial charge in [-0.15, -0.1) is 0 Å². The van der Waals surface area contributed by atoms with E-state index in [2.05, 4.69) is 4.98 Å². The molecule has 4 N–H and O–H groups in total. The van der Waals surface area contributed by atoms with Gasteiger partial charge in [-0.3, -0.25) is 20.9 Å². The summed E-state index contributed by atoms with van der Waals surface area (Å²) >= 11 is 0. The van der Waals surface area contributed by atoms with Crippen molar-refractivity contribution < 1.29 is 14.7 Å². The van der Waals surface area contributed by atoms with Crippen LogP contribution in [-0.2, 0) is 16.0 Å². The molecule has 0 saturated heterocycles. The topological polar surface area (TPSA) is 98.2 Å². The SMILES string of the molecule is CC(C)COC(=O)CCc1c[nH]c2cc(C(=N)NO)ccc12. The summed E-state index contributed by atoms with van der Waals surface area (Å²) < 4.78 is 5.17. The van der Waals surface area contributed by atoms with Crippen molar-refractivity contribution in [1.29, 1.82) is 5.41 Å². The van der Waals surface area contributed by atoms with E-state index in [4.69, 9.17) is 15.4 Å². The van der Waals surface area contributed by atoms with Crippen LogP contribution in [-0.4, -0.2) is 28.6 Å². The lowest BCUT2D eigenvalue weighted by molar-refractivity contribution is -0.144. The van der Waals surface area contributed by atoms with Crippen LogP contribution in [0.1, 0.15) is 31.4 Å². The molecule has 0 aliphatic rings. The molecule has 0 fully saturated rings. The normalized spacial score (nSPS) is 10.9. The number of carbonyl (C=O) groups is 1. The molecule has 6 heteroatoms. The Kier molecular flexibility index (Phi) is 5.16. The number of aromatic nitrogens is 1. The first-order chi connectivity index (χ1) is 10.5. The van der Waals surface area contributed by atoms with E-state index in [0.29, 0.717) is 30.9 Å². The van der Waals surface area contributed by atoms with E-state index < -0.39 is 0 Å². The maximum Gasteiger partial charge on any atom is 0.306 e. The molecule has 2 aromatic rings. The molecular weight excluding hydrogens is 282 g/mol. The van der Waals surface area contributed by atoms with Gasteiger partial charge < -0.3 is 9.72 Å². The molecule has 0 saturated carbocycles. The minimum atomic E-state index is -0.189. The van der Waals surface area contributed by atoms with Gasteiger partial charge in [0.15, 0.2) is 0 Å². The average Bonchev–Trinajstić information content (AvgIpc) is 2.92. The van der Waals surface area contributed by atoms with Crippen LogP contribution in [0.2, 0.25) is 0 Å². The molecule has 0 aliphatic heterocycles. The molecule has 2 rings (SSSR count). The number of aryl methyl sites for hydroxylation is 1. The molecule has 0 spiro atoms. The lowest BCUT2D eigenvalue weighted by atomic mass is 10.1. The molecule has 1 aromatic carbocycles. The van der Waals surface area contributed by atoms with Gasteiger partial charge in [0.05, 0.1) is 6.61 Å². The van der Waals surface area contributed by atoms with Gasteiger partial charge in [0.2, 0.25) is 0 Å². The summed E-state index contributed by atoms with van der Waals surface area (Å²) in [5, 5.41) is 17.3. The minimum Gasteiger partial charge on any atom is -0.465 e. The second-order valence-electron chi connectivity index (χ2n) is 5.64. The van der Waals surface area contributed by atoms with Crippen molar-refractivity contribution in [3.8, 4) is 0 Å². The lowest BCUT2D eigenvalue weighted by Gasteiger charge is -2.06. The maximum atomic E-state index is 11.7. The van der Waals surface area contributed by atoms with E-state index in [1.807, 2.05) is 31.6 Å². The van der Waals surface area contributed by atoms with E-state index in [1.54, 1.807) is 12.1 Å². The van der Waals surface area contributed by atoms with Crippen LogP contribution in [0.5, 0.6) is 0 Å². The standard InChI is InChI=1S/C16H21N3O3/c1-10(2)9-22-15(20)6-4-12-8-18-14-7-11(16(17)19-21)3-5-13(12)14/h3,5,7-8,10,18,21H,4,6,9H2,1-2H3,(H2,17,19). The lowest BCUT2D eigenvalue weighted by Crippen LogP contribution is -2.18. The summed E-state index contributed by atoms with van der Waals surface area (Å²) in [7, 11) is 0. The highest BCUT2D eigenvalue weighted by Gasteiger charge is 2.10. The average molecular weight is 303 g/mol. The van der Waals surface area contributed by atoms with Crippen molar-refractivity contribution in [3.63, 3.8) is 0 Å². The molecule has 0 bridgehead atoms. The number of aromatic amines is 1. The maximum absolute atomic E-state index is 11.7. The highest BCUT2D eigenvalue weighted by molar-refractivity contribution is 5.99. The van der Waals surface area contributed by atoms with Crippen LogP contribution in [0, 0.1) is 11.3 Å². The third-order valence-electron chi connectivity index (χ3n) is 3.34. The number of ether oxygens (including phenoxy) is 1. The van der Waals surface area contributed by atoms with Crippen LogP contribution in [0.3, 0.4) is 0 Å². The number of fused-ring (bicyclic) bond motifs is 1. The highest BCUT2D eigenvalue weighted by Crippen LogP contribution is 2.21. The van der Waals surface area contributed by atoms with E-state index >= 15 is 0 Å². The summed E-state index contributed by atoms with van der Waals surface area (Å²) in [6.45, 7) is 4.46. The molecule has 0 atom stereocenters. The van der Waals surface area contributed by atoms with Crippen LogP contribution >= 0.6 is 0 Å². The summed E-state index contributed by atoms with van der Waals surface area (Å²) in [5.41, 5.74) is 4.30. The predicted octanol–water partition coefficient (Wildman–Crippen LogP) is 2.60. The third kappa shape index (κ3) is 3.85. The van der Waals surface area contributed by atoms with E-state index in [0.717, 1.165) is 16.5 Å². The van der Waals surface area contributed by atoms with Crippen molar-refractivity contribution >= 4 is 22.7 Å². The molecule has 0 aliphatic carbocycles. The van der Waals surface area contributed by atoms with Crippen molar-refractivity contribution in [2.75, 3.05) is 6.61 Å². The van der Waals surface area contributed by atoms with Crippen LogP contribution < -0.4 is 5.48 Å². The summed E-state index contributed by atoms with van der Waals surface area (Å²) in [5.74, 6) is 0.0900. The molecule has 1 heterocycles. The molecule has 6 nitrogen and oxygen atoms in total. The van der Waals surface area contributed by atoms with Crippen LogP contribution in [0.4, 0.5) is 0 Å². The molecule has 22 heavy (non-hydrogen) atoms. The van der Waals surface area contributed by atoms with Gasteiger partial charge in [-0.1, -0.05) is 26.0 Å². The second-order valence-corrected chi connectivity index (χ2v) is 5.64. The fourth-order valence-corrected chi connectivity index (χ4v) is 2.18. The summed E-state index contributed by atoms with van der Waals surface area (Å²) in [6.07, 6.45) is 2.81. The zero-order valence-corrected chi connectivity index (χ0v) is 12.8. The van der Waals surface area contributed by atoms with Gasteiger partial charge in [0.25, 0.3) is 0 Å². The quantitative estimate of drug-likeness (QED) is 0.285. The van der Waals surface area contributed by atoms with Gasteiger partial charge >= 0.3 is 5.97 Å². The Bertz CT molecular complexity index is 676. The van der Waals surface area contributed by atoms with Crippen LogP contribution in [0.25, 0.3) is 10.9 Å². The fourth-order valence-electron chi connectivity index (χ4n) is 2.18. The van der Waals surface area contributed by atoms with Crippen molar-refractivity contribution in [3.05, 3.63) is 35.5 Å². The predicted molar refractivity (Wildman–Crippen MR) is 84.2 cm³/mol. The number of H-pyrrole nitrogens is 1. The van der Waals surface area contributed by atoms with Crippen molar-refractivity contribution in [1.82, 2.24) is 10.5 Å². The van der Waals surface area contributed by atoms with Crippen molar-refractivity contribution in [2.24, 2.45) is 5.92 Å². The van der Waals surface area contributed by atoms with Crippen molar-refractivity contribution in [2.45, 2.75) is 26.7 Å². The molecule has 1 aromatic heterocycles. The highest BCUT2D eigenvalue weighted by atomic mass is 16.5. The van der Waals surface area contributed by atoms with E-state index in [-0.39, 0.29) is 11.8 Å². The summed E-state index contributed by atoms with van der Waals surface area (Å²) in [4.78, 5) is 14.8. The molecule has 118 valence electrons. The Labute approximate surface area is 129 Å². The number of hydrogen-bond acceptors (Lipinski definition) is 4. The largest absolute Gasteiger partial charge is 0.465 e. The number of amidine groups is 1.